The molecule has 3 heteroatoms. The van der Waals surface area contributed by atoms with Gasteiger partial charge in [-0.05, 0) is 25.0 Å². The average molecular weight is 296 g/mol. The van der Waals surface area contributed by atoms with Crippen LogP contribution in [0.25, 0.3) is 0 Å². The molecule has 0 heterocycles. The molecule has 0 fully saturated rings. The molecule has 1 amide bonds. The van der Waals surface area contributed by atoms with Crippen LogP contribution in [-0.2, 0) is 4.79 Å². The molecular weight excluding hydrogens is 272 g/mol. The summed E-state index contributed by atoms with van der Waals surface area (Å²) in [5.74, 6) is -0.306. The first-order valence-electron chi connectivity index (χ1n) is 7.66. The van der Waals surface area contributed by atoms with E-state index in [4.69, 9.17) is 5.73 Å². The highest BCUT2D eigenvalue weighted by Gasteiger charge is 2.23. The fourth-order valence-electron chi connectivity index (χ4n) is 2.41. The number of aryl methyl sites for hydroxylation is 1. The van der Waals surface area contributed by atoms with E-state index in [2.05, 4.69) is 17.4 Å². The van der Waals surface area contributed by atoms with Crippen molar-refractivity contribution < 1.29 is 4.79 Å². The first-order chi connectivity index (χ1) is 10.5. The number of nitrogens with two attached hydrogens (primary N) is 1. The van der Waals surface area contributed by atoms with E-state index in [1.807, 2.05) is 63.2 Å². The Morgan fingerprint density at radius 3 is 2.14 bits per heavy atom. The summed E-state index contributed by atoms with van der Waals surface area (Å²) >= 11 is 0. The van der Waals surface area contributed by atoms with E-state index in [0.29, 0.717) is 0 Å². The van der Waals surface area contributed by atoms with E-state index in [1.54, 1.807) is 0 Å². The average Bonchev–Trinajstić information content (AvgIpc) is 2.54. The van der Waals surface area contributed by atoms with Gasteiger partial charge in [0.1, 0.15) is 0 Å². The van der Waals surface area contributed by atoms with Gasteiger partial charge in [-0.25, -0.2) is 0 Å². The van der Waals surface area contributed by atoms with Crippen LogP contribution in [0.4, 0.5) is 0 Å². The zero-order chi connectivity index (χ0) is 16.1. The highest BCUT2D eigenvalue weighted by atomic mass is 16.1. The van der Waals surface area contributed by atoms with Crippen molar-refractivity contribution in [1.29, 1.82) is 0 Å². The maximum Gasteiger partial charge on any atom is 0.225 e. The Balaban J connectivity index is 2.00. The Kier molecular flexibility index (Phi) is 5.34. The minimum Gasteiger partial charge on any atom is -0.349 e. The maximum absolute atomic E-state index is 12.4. The second kappa shape index (κ2) is 7.23. The number of carbonyl (C=O) groups excluding carboxylic acids is 1. The van der Waals surface area contributed by atoms with Gasteiger partial charge in [-0.1, -0.05) is 67.1 Å². The smallest absolute Gasteiger partial charge is 0.225 e. The molecule has 2 rings (SSSR count). The molecule has 3 unspecified atom stereocenters. The van der Waals surface area contributed by atoms with Crippen LogP contribution in [0.2, 0.25) is 0 Å². The SMILES string of the molecule is Cc1ccc(C(C)NC(=O)C(C)C(N)c2ccccc2)cc1. The summed E-state index contributed by atoms with van der Waals surface area (Å²) in [4.78, 5) is 12.4. The van der Waals surface area contributed by atoms with Gasteiger partial charge < -0.3 is 11.1 Å². The quantitative estimate of drug-likeness (QED) is 0.887. The number of carbonyl (C=O) groups is 1. The van der Waals surface area contributed by atoms with Crippen LogP contribution in [-0.4, -0.2) is 5.91 Å². The lowest BCUT2D eigenvalue weighted by molar-refractivity contribution is -0.125. The number of hydrogen-bond donors (Lipinski definition) is 2. The number of hydrogen-bond acceptors (Lipinski definition) is 2. The molecule has 0 aliphatic heterocycles. The Morgan fingerprint density at radius 2 is 1.55 bits per heavy atom. The van der Waals surface area contributed by atoms with E-state index in [0.717, 1.165) is 11.1 Å². The minimum absolute atomic E-state index is 0.0237. The fourth-order valence-corrected chi connectivity index (χ4v) is 2.41. The Hall–Kier alpha value is -2.13. The fraction of sp³-hybridized carbons (Fsp3) is 0.316. The maximum atomic E-state index is 12.4. The van der Waals surface area contributed by atoms with Gasteiger partial charge in [0.25, 0.3) is 0 Å². The van der Waals surface area contributed by atoms with Gasteiger partial charge in [0.2, 0.25) is 5.91 Å². The summed E-state index contributed by atoms with van der Waals surface area (Å²) in [5, 5.41) is 3.05. The third kappa shape index (κ3) is 3.95. The molecule has 0 bridgehead atoms. The first kappa shape index (κ1) is 16.2. The Labute approximate surface area is 132 Å². The molecule has 0 aromatic heterocycles. The number of nitrogens with one attached hydrogen (secondary N) is 1. The summed E-state index contributed by atoms with van der Waals surface area (Å²) in [6, 6.07) is 17.6. The highest BCUT2D eigenvalue weighted by Crippen LogP contribution is 2.21. The van der Waals surface area contributed by atoms with Crippen LogP contribution < -0.4 is 11.1 Å². The molecule has 0 aliphatic carbocycles. The topological polar surface area (TPSA) is 55.1 Å². The van der Waals surface area contributed by atoms with Crippen LogP contribution in [0.5, 0.6) is 0 Å². The summed E-state index contributed by atoms with van der Waals surface area (Å²) in [5.41, 5.74) is 9.50. The Morgan fingerprint density at radius 1 is 0.955 bits per heavy atom. The Bertz CT molecular complexity index is 607. The summed E-state index contributed by atoms with van der Waals surface area (Å²) < 4.78 is 0. The molecule has 0 saturated carbocycles. The first-order valence-corrected chi connectivity index (χ1v) is 7.66. The second-order valence-electron chi connectivity index (χ2n) is 5.87. The third-order valence-corrected chi connectivity index (χ3v) is 4.07. The predicted octanol–water partition coefficient (Wildman–Crippen LogP) is 3.51. The number of amides is 1. The number of rotatable bonds is 5. The largest absolute Gasteiger partial charge is 0.349 e. The van der Waals surface area contributed by atoms with Crippen molar-refractivity contribution in [1.82, 2.24) is 5.32 Å². The van der Waals surface area contributed by atoms with Crippen LogP contribution in [0.15, 0.2) is 54.6 Å². The van der Waals surface area contributed by atoms with Crippen LogP contribution in [0.1, 0.15) is 42.6 Å². The normalized spacial score (nSPS) is 14.9. The molecule has 3 N–H and O–H groups in total. The molecule has 0 saturated heterocycles. The summed E-state index contributed by atoms with van der Waals surface area (Å²) in [6.45, 7) is 5.91. The van der Waals surface area contributed by atoms with Gasteiger partial charge in [-0.2, -0.15) is 0 Å². The minimum atomic E-state index is -0.300. The van der Waals surface area contributed by atoms with Gasteiger partial charge >= 0.3 is 0 Å². The zero-order valence-electron chi connectivity index (χ0n) is 13.4. The molecule has 0 radical (unpaired) electrons. The molecule has 3 atom stereocenters. The summed E-state index contributed by atoms with van der Waals surface area (Å²) in [6.07, 6.45) is 0. The molecule has 0 aliphatic rings. The van der Waals surface area contributed by atoms with E-state index in [1.165, 1.54) is 5.56 Å². The van der Waals surface area contributed by atoms with E-state index < -0.39 is 0 Å². The predicted molar refractivity (Wildman–Crippen MR) is 90.3 cm³/mol. The van der Waals surface area contributed by atoms with E-state index >= 15 is 0 Å². The van der Waals surface area contributed by atoms with Gasteiger partial charge in [-0.15, -0.1) is 0 Å². The van der Waals surface area contributed by atoms with E-state index in [9.17, 15) is 4.79 Å². The van der Waals surface area contributed by atoms with Gasteiger partial charge in [0, 0.05) is 6.04 Å². The summed E-state index contributed by atoms with van der Waals surface area (Å²) in [7, 11) is 0. The van der Waals surface area contributed by atoms with Gasteiger partial charge in [-0.3, -0.25) is 4.79 Å². The number of benzene rings is 2. The van der Waals surface area contributed by atoms with Gasteiger partial charge in [0.05, 0.1) is 12.0 Å². The molecule has 0 spiro atoms. The lowest BCUT2D eigenvalue weighted by atomic mass is 9.94. The van der Waals surface area contributed by atoms with Crippen molar-refractivity contribution in [2.24, 2.45) is 11.7 Å². The molecule has 2 aromatic carbocycles. The lowest BCUT2D eigenvalue weighted by Gasteiger charge is -2.22. The van der Waals surface area contributed by atoms with Crippen LogP contribution in [0.3, 0.4) is 0 Å². The molecule has 3 nitrogen and oxygen atoms in total. The van der Waals surface area contributed by atoms with Crippen molar-refractivity contribution in [3.05, 3.63) is 71.3 Å². The highest BCUT2D eigenvalue weighted by molar-refractivity contribution is 5.79. The standard InChI is InChI=1S/C19H24N2O/c1-13-9-11-16(12-10-13)15(3)21-19(22)14(2)18(20)17-7-5-4-6-8-17/h4-12,14-15,18H,20H2,1-3H3,(H,21,22). The lowest BCUT2D eigenvalue weighted by Crippen LogP contribution is -2.36. The zero-order valence-corrected chi connectivity index (χ0v) is 13.4. The third-order valence-electron chi connectivity index (χ3n) is 4.07. The van der Waals surface area contributed by atoms with Crippen LogP contribution in [0, 0.1) is 12.8 Å². The van der Waals surface area contributed by atoms with Crippen molar-refractivity contribution in [2.75, 3.05) is 0 Å². The van der Waals surface area contributed by atoms with Crippen LogP contribution >= 0.6 is 0 Å². The molecule has 22 heavy (non-hydrogen) atoms. The van der Waals surface area contributed by atoms with Gasteiger partial charge in [0.15, 0.2) is 0 Å². The van der Waals surface area contributed by atoms with E-state index in [-0.39, 0.29) is 23.9 Å². The molecular formula is C19H24N2O. The van der Waals surface area contributed by atoms with Crippen molar-refractivity contribution >= 4 is 5.91 Å². The van der Waals surface area contributed by atoms with Crippen molar-refractivity contribution in [3.8, 4) is 0 Å². The monoisotopic (exact) mass is 296 g/mol. The van der Waals surface area contributed by atoms with Crippen molar-refractivity contribution in [3.63, 3.8) is 0 Å². The second-order valence-corrected chi connectivity index (χ2v) is 5.87. The van der Waals surface area contributed by atoms with Crippen molar-refractivity contribution in [2.45, 2.75) is 32.9 Å². The molecule has 116 valence electrons. The molecule has 2 aromatic rings.